The lowest BCUT2D eigenvalue weighted by atomic mass is 10.1. The van der Waals surface area contributed by atoms with E-state index in [0.29, 0.717) is 23.0 Å². The number of nitrogens with one attached hydrogen (secondary N) is 1. The maximum Gasteiger partial charge on any atom is 0.0705 e. The molecular weight excluding hydrogens is 221 g/mol. The van der Waals surface area contributed by atoms with Crippen LogP contribution in [0, 0.1) is 0 Å². The first-order valence-corrected chi connectivity index (χ1v) is 5.16. The van der Waals surface area contributed by atoms with Gasteiger partial charge in [0.1, 0.15) is 0 Å². The summed E-state index contributed by atoms with van der Waals surface area (Å²) in [4.78, 5) is 0. The van der Waals surface area contributed by atoms with E-state index in [2.05, 4.69) is 5.32 Å². The highest BCUT2D eigenvalue weighted by Gasteiger charge is 2.09. The minimum atomic E-state index is -0.434. The van der Waals surface area contributed by atoms with Crippen LogP contribution in [0.15, 0.2) is 18.2 Å². The molecule has 1 atom stereocenters. The molecule has 0 saturated heterocycles. The van der Waals surface area contributed by atoms with Crippen molar-refractivity contribution in [1.29, 1.82) is 0 Å². The third-order valence-electron chi connectivity index (χ3n) is 1.93. The van der Waals surface area contributed by atoms with Gasteiger partial charge in [0.2, 0.25) is 0 Å². The number of likely N-dealkylation sites (N-methyl/N-ethyl adjacent to an activating group) is 1. The summed E-state index contributed by atoms with van der Waals surface area (Å²) in [6.45, 7) is 0.544. The Balaban J connectivity index is 2.71. The average molecular weight is 234 g/mol. The normalized spacial score (nSPS) is 12.9. The van der Waals surface area contributed by atoms with Crippen molar-refractivity contribution in [2.24, 2.45) is 0 Å². The Morgan fingerprint density at radius 1 is 1.43 bits per heavy atom. The largest absolute Gasteiger partial charge is 0.391 e. The van der Waals surface area contributed by atoms with Crippen LogP contribution in [-0.2, 0) is 6.42 Å². The smallest absolute Gasteiger partial charge is 0.0705 e. The molecule has 2 nitrogen and oxygen atoms in total. The summed E-state index contributed by atoms with van der Waals surface area (Å²) >= 11 is 11.8. The molecule has 4 heteroatoms. The minimum absolute atomic E-state index is 0.434. The maximum absolute atomic E-state index is 9.55. The van der Waals surface area contributed by atoms with Crippen LogP contribution in [0.5, 0.6) is 0 Å². The van der Waals surface area contributed by atoms with E-state index in [4.69, 9.17) is 23.2 Å². The van der Waals surface area contributed by atoms with Gasteiger partial charge in [-0.15, -0.1) is 0 Å². The molecule has 0 saturated carbocycles. The van der Waals surface area contributed by atoms with Gasteiger partial charge in [-0.2, -0.15) is 0 Å². The third kappa shape index (κ3) is 3.14. The van der Waals surface area contributed by atoms with Crippen LogP contribution in [0.25, 0.3) is 0 Å². The molecule has 1 aromatic carbocycles. The second-order valence-corrected chi connectivity index (χ2v) is 3.91. The molecule has 0 radical (unpaired) electrons. The van der Waals surface area contributed by atoms with Gasteiger partial charge >= 0.3 is 0 Å². The molecule has 0 spiro atoms. The van der Waals surface area contributed by atoms with Crippen molar-refractivity contribution in [2.45, 2.75) is 12.5 Å². The van der Waals surface area contributed by atoms with Crippen molar-refractivity contribution in [3.63, 3.8) is 0 Å². The zero-order valence-electron chi connectivity index (χ0n) is 7.93. The van der Waals surface area contributed by atoms with Gasteiger partial charge in [-0.1, -0.05) is 35.3 Å². The molecule has 0 aliphatic carbocycles. The zero-order chi connectivity index (χ0) is 10.6. The van der Waals surface area contributed by atoms with Crippen LogP contribution in [-0.4, -0.2) is 24.8 Å². The predicted octanol–water partition coefficient (Wildman–Crippen LogP) is 2.12. The van der Waals surface area contributed by atoms with Crippen molar-refractivity contribution < 1.29 is 5.11 Å². The van der Waals surface area contributed by atoms with E-state index in [1.165, 1.54) is 0 Å². The van der Waals surface area contributed by atoms with Gasteiger partial charge in [0.25, 0.3) is 0 Å². The van der Waals surface area contributed by atoms with Gasteiger partial charge < -0.3 is 10.4 Å². The van der Waals surface area contributed by atoms with E-state index in [-0.39, 0.29) is 0 Å². The number of benzene rings is 1. The van der Waals surface area contributed by atoms with Crippen LogP contribution < -0.4 is 5.32 Å². The lowest BCUT2D eigenvalue weighted by molar-refractivity contribution is 0.175. The summed E-state index contributed by atoms with van der Waals surface area (Å²) in [5.41, 5.74) is 0.877. The van der Waals surface area contributed by atoms with E-state index in [9.17, 15) is 5.11 Å². The summed E-state index contributed by atoms with van der Waals surface area (Å²) in [5, 5.41) is 13.5. The highest BCUT2D eigenvalue weighted by atomic mass is 35.5. The van der Waals surface area contributed by atoms with E-state index in [1.807, 2.05) is 12.1 Å². The summed E-state index contributed by atoms with van der Waals surface area (Å²) in [7, 11) is 1.79. The Bertz CT molecular complexity index is 304. The van der Waals surface area contributed by atoms with Crippen LogP contribution in [0.3, 0.4) is 0 Å². The number of hydrogen-bond donors (Lipinski definition) is 2. The van der Waals surface area contributed by atoms with Gasteiger partial charge in [0.15, 0.2) is 0 Å². The van der Waals surface area contributed by atoms with Crippen LogP contribution in [0.4, 0.5) is 0 Å². The topological polar surface area (TPSA) is 32.3 Å². The van der Waals surface area contributed by atoms with E-state index in [0.717, 1.165) is 5.56 Å². The van der Waals surface area contributed by atoms with Crippen molar-refractivity contribution in [3.8, 4) is 0 Å². The quantitative estimate of drug-likeness (QED) is 0.836. The summed E-state index contributed by atoms with van der Waals surface area (Å²) < 4.78 is 0. The van der Waals surface area contributed by atoms with E-state index < -0.39 is 6.10 Å². The Hall–Kier alpha value is -0.280. The maximum atomic E-state index is 9.55. The minimum Gasteiger partial charge on any atom is -0.391 e. The van der Waals surface area contributed by atoms with E-state index >= 15 is 0 Å². The number of rotatable bonds is 4. The molecular formula is C10H13Cl2NO. The number of hydrogen-bond acceptors (Lipinski definition) is 2. The second-order valence-electron chi connectivity index (χ2n) is 3.13. The summed E-state index contributed by atoms with van der Waals surface area (Å²) in [6, 6.07) is 5.43. The molecule has 0 bridgehead atoms. The molecule has 1 aromatic rings. The predicted molar refractivity (Wildman–Crippen MR) is 60.1 cm³/mol. The number of halogens is 2. The lowest BCUT2D eigenvalue weighted by Gasteiger charge is -2.11. The summed E-state index contributed by atoms with van der Waals surface area (Å²) in [6.07, 6.45) is 0.0798. The van der Waals surface area contributed by atoms with E-state index in [1.54, 1.807) is 13.1 Å². The Kier molecular flexibility index (Phi) is 4.69. The van der Waals surface area contributed by atoms with Crippen molar-refractivity contribution in [2.75, 3.05) is 13.6 Å². The Morgan fingerprint density at radius 2 is 2.14 bits per heavy atom. The highest BCUT2D eigenvalue weighted by Crippen LogP contribution is 2.26. The third-order valence-corrected chi connectivity index (χ3v) is 2.78. The molecule has 1 unspecified atom stereocenters. The monoisotopic (exact) mass is 233 g/mol. The molecule has 0 heterocycles. The van der Waals surface area contributed by atoms with Crippen molar-refractivity contribution >= 4 is 23.2 Å². The van der Waals surface area contributed by atoms with Crippen molar-refractivity contribution in [1.82, 2.24) is 5.32 Å². The van der Waals surface area contributed by atoms with Crippen LogP contribution in [0.1, 0.15) is 5.56 Å². The highest BCUT2D eigenvalue weighted by molar-refractivity contribution is 6.42. The van der Waals surface area contributed by atoms with Gasteiger partial charge in [-0.3, -0.25) is 0 Å². The fraction of sp³-hybridized carbons (Fsp3) is 0.400. The molecule has 0 fully saturated rings. The molecule has 78 valence electrons. The number of aliphatic hydroxyl groups is 1. The van der Waals surface area contributed by atoms with Gasteiger partial charge in [-0.25, -0.2) is 0 Å². The Labute approximate surface area is 93.8 Å². The Morgan fingerprint density at radius 3 is 2.79 bits per heavy atom. The van der Waals surface area contributed by atoms with Gasteiger partial charge in [-0.05, 0) is 18.7 Å². The SMILES string of the molecule is CNCC(O)Cc1cccc(Cl)c1Cl. The van der Waals surface area contributed by atoms with Crippen LogP contribution >= 0.6 is 23.2 Å². The first-order chi connectivity index (χ1) is 6.65. The molecule has 0 amide bonds. The first kappa shape index (κ1) is 11.8. The fourth-order valence-electron chi connectivity index (χ4n) is 1.27. The molecule has 0 aliphatic rings. The standard InChI is InChI=1S/C10H13Cl2NO/c1-13-6-8(14)5-7-3-2-4-9(11)10(7)12/h2-4,8,13-14H,5-6H2,1H3. The van der Waals surface area contributed by atoms with Gasteiger partial charge in [0.05, 0.1) is 16.1 Å². The van der Waals surface area contributed by atoms with Gasteiger partial charge in [0, 0.05) is 13.0 Å². The van der Waals surface area contributed by atoms with Crippen molar-refractivity contribution in [3.05, 3.63) is 33.8 Å². The van der Waals surface area contributed by atoms with Crippen LogP contribution in [0.2, 0.25) is 10.0 Å². The molecule has 2 N–H and O–H groups in total. The first-order valence-electron chi connectivity index (χ1n) is 4.40. The molecule has 1 rings (SSSR count). The summed E-state index contributed by atoms with van der Waals surface area (Å²) in [5.74, 6) is 0. The lowest BCUT2D eigenvalue weighted by Crippen LogP contribution is -2.25. The molecule has 0 aromatic heterocycles. The molecule has 0 aliphatic heterocycles. The average Bonchev–Trinajstić information content (AvgIpc) is 2.13. The fourth-order valence-corrected chi connectivity index (χ4v) is 1.66. The zero-order valence-corrected chi connectivity index (χ0v) is 9.44. The second kappa shape index (κ2) is 5.56. The number of aliphatic hydroxyl groups excluding tert-OH is 1. The molecule has 14 heavy (non-hydrogen) atoms.